The Morgan fingerprint density at radius 1 is 1.06 bits per heavy atom. The molecule has 0 N–H and O–H groups in total. The summed E-state index contributed by atoms with van der Waals surface area (Å²) in [7, 11) is 0. The molecular weight excluding hydrogens is 446 g/mol. The number of ether oxygens (including phenoxy) is 1. The molecule has 1 atom stereocenters. The zero-order chi connectivity index (χ0) is 23.7. The van der Waals surface area contributed by atoms with Crippen molar-refractivity contribution in [2.45, 2.75) is 39.2 Å². The number of hydrogen-bond donors (Lipinski definition) is 0. The lowest BCUT2D eigenvalue weighted by Crippen LogP contribution is -2.24. The van der Waals surface area contributed by atoms with Crippen LogP contribution in [-0.2, 0) is 11.3 Å². The monoisotopic (exact) mass is 473 g/mol. The number of carbonyl (C=O) groups excluding carboxylic acids is 1. The van der Waals surface area contributed by atoms with E-state index >= 15 is 0 Å². The van der Waals surface area contributed by atoms with Gasteiger partial charge in [0.25, 0.3) is 0 Å². The maximum absolute atomic E-state index is 12.9. The van der Waals surface area contributed by atoms with Crippen molar-refractivity contribution in [3.05, 3.63) is 88.7 Å². The first-order valence-corrected chi connectivity index (χ1v) is 12.1. The van der Waals surface area contributed by atoms with Gasteiger partial charge in [0.2, 0.25) is 5.91 Å². The molecule has 174 valence electrons. The first-order valence-electron chi connectivity index (χ1n) is 11.7. The van der Waals surface area contributed by atoms with E-state index in [-0.39, 0.29) is 11.8 Å². The maximum Gasteiger partial charge on any atom is 0.227 e. The number of rotatable bonds is 7. The second kappa shape index (κ2) is 9.51. The zero-order valence-electron chi connectivity index (χ0n) is 19.5. The Bertz CT molecular complexity index is 1350. The number of nitrogens with zero attached hydrogens (tertiary/aromatic N) is 3. The number of carbonyl (C=O) groups is 1. The smallest absolute Gasteiger partial charge is 0.227 e. The van der Waals surface area contributed by atoms with E-state index in [0.29, 0.717) is 24.6 Å². The Hall–Kier alpha value is -3.31. The van der Waals surface area contributed by atoms with Crippen LogP contribution in [0.2, 0.25) is 5.02 Å². The summed E-state index contributed by atoms with van der Waals surface area (Å²) in [6, 6.07) is 21.9. The Morgan fingerprint density at radius 2 is 1.85 bits per heavy atom. The molecule has 5 rings (SSSR count). The van der Waals surface area contributed by atoms with Crippen LogP contribution >= 0.6 is 11.6 Å². The summed E-state index contributed by atoms with van der Waals surface area (Å²) >= 11 is 6.38. The molecule has 0 spiro atoms. The van der Waals surface area contributed by atoms with Gasteiger partial charge in [-0.15, -0.1) is 0 Å². The fraction of sp³-hybridized carbons (Fsp3) is 0.286. The fourth-order valence-electron chi connectivity index (χ4n) is 4.79. The molecule has 5 nitrogen and oxygen atoms in total. The molecule has 1 aliphatic heterocycles. The highest BCUT2D eigenvalue weighted by atomic mass is 35.5. The van der Waals surface area contributed by atoms with E-state index in [9.17, 15) is 4.79 Å². The van der Waals surface area contributed by atoms with Gasteiger partial charge in [-0.05, 0) is 56.2 Å². The van der Waals surface area contributed by atoms with Crippen molar-refractivity contribution < 1.29 is 9.53 Å². The summed E-state index contributed by atoms with van der Waals surface area (Å²) in [5.74, 6) is 1.97. The summed E-state index contributed by atoms with van der Waals surface area (Å²) in [5, 5.41) is 0.591. The van der Waals surface area contributed by atoms with Gasteiger partial charge >= 0.3 is 0 Å². The molecular formula is C28H28ClN3O2. The standard InChI is InChI=1S/C28H28ClN3O2/c1-19-12-13-26(20(2)16-19)34-15-7-14-31-25-11-6-4-9-23(25)30-28(31)21-17-27(33)32(18-21)24-10-5-3-8-22(24)29/h3-6,8-13,16,21H,7,14-15,17-18H2,1-2H3/t21-/m0/s1. The Morgan fingerprint density at radius 3 is 2.68 bits per heavy atom. The molecule has 34 heavy (non-hydrogen) atoms. The number of benzene rings is 3. The number of fused-ring (bicyclic) bond motifs is 1. The first-order chi connectivity index (χ1) is 16.5. The lowest BCUT2D eigenvalue weighted by atomic mass is 10.1. The molecule has 0 saturated carbocycles. The lowest BCUT2D eigenvalue weighted by molar-refractivity contribution is -0.117. The predicted octanol–water partition coefficient (Wildman–Crippen LogP) is 6.30. The predicted molar refractivity (Wildman–Crippen MR) is 137 cm³/mol. The van der Waals surface area contributed by atoms with E-state index in [2.05, 4.69) is 36.6 Å². The molecule has 1 fully saturated rings. The van der Waals surface area contributed by atoms with Gasteiger partial charge in [0.1, 0.15) is 11.6 Å². The van der Waals surface area contributed by atoms with E-state index in [1.54, 1.807) is 4.90 Å². The zero-order valence-corrected chi connectivity index (χ0v) is 20.3. The van der Waals surface area contributed by atoms with Crippen LogP contribution in [0.4, 0.5) is 5.69 Å². The molecule has 6 heteroatoms. The minimum atomic E-state index is 0.0106. The van der Waals surface area contributed by atoms with E-state index in [1.807, 2.05) is 48.5 Å². The summed E-state index contributed by atoms with van der Waals surface area (Å²) < 4.78 is 8.32. The molecule has 3 aromatic carbocycles. The van der Waals surface area contributed by atoms with Crippen LogP contribution in [0.5, 0.6) is 5.75 Å². The Balaban J connectivity index is 1.35. The van der Waals surface area contributed by atoms with Crippen LogP contribution < -0.4 is 9.64 Å². The van der Waals surface area contributed by atoms with Crippen molar-refractivity contribution in [3.8, 4) is 5.75 Å². The average molecular weight is 474 g/mol. The van der Waals surface area contributed by atoms with Gasteiger partial charge < -0.3 is 14.2 Å². The molecule has 1 amide bonds. The van der Waals surface area contributed by atoms with Crippen molar-refractivity contribution in [3.63, 3.8) is 0 Å². The summed E-state index contributed by atoms with van der Waals surface area (Å²) in [4.78, 5) is 19.7. The van der Waals surface area contributed by atoms with Crippen LogP contribution in [0.1, 0.15) is 35.7 Å². The second-order valence-corrected chi connectivity index (χ2v) is 9.35. The molecule has 0 radical (unpaired) electrons. The van der Waals surface area contributed by atoms with Crippen LogP contribution in [0.25, 0.3) is 11.0 Å². The third kappa shape index (κ3) is 4.40. The van der Waals surface area contributed by atoms with Gasteiger partial charge in [-0.25, -0.2) is 4.98 Å². The second-order valence-electron chi connectivity index (χ2n) is 8.94. The summed E-state index contributed by atoms with van der Waals surface area (Å²) in [6.45, 7) is 6.13. The van der Waals surface area contributed by atoms with Crippen molar-refractivity contribution in [2.75, 3.05) is 18.1 Å². The molecule has 0 aliphatic carbocycles. The number of aryl methyl sites for hydroxylation is 3. The van der Waals surface area contributed by atoms with Gasteiger partial charge in [0, 0.05) is 25.4 Å². The highest BCUT2D eigenvalue weighted by Gasteiger charge is 2.35. The quantitative estimate of drug-likeness (QED) is 0.296. The largest absolute Gasteiger partial charge is 0.493 e. The summed E-state index contributed by atoms with van der Waals surface area (Å²) in [6.07, 6.45) is 1.27. The van der Waals surface area contributed by atoms with Crippen LogP contribution in [0.15, 0.2) is 66.7 Å². The third-order valence-corrected chi connectivity index (χ3v) is 6.75. The van der Waals surface area contributed by atoms with Crippen LogP contribution in [-0.4, -0.2) is 28.6 Å². The Kier molecular flexibility index (Phi) is 6.29. The molecule has 2 heterocycles. The number of anilines is 1. The van der Waals surface area contributed by atoms with Gasteiger partial charge in [0.05, 0.1) is 28.4 Å². The molecule has 1 saturated heterocycles. The average Bonchev–Trinajstić information content (AvgIpc) is 3.38. The van der Waals surface area contributed by atoms with Gasteiger partial charge in [-0.2, -0.15) is 0 Å². The number of hydrogen-bond acceptors (Lipinski definition) is 3. The first kappa shape index (κ1) is 22.5. The minimum absolute atomic E-state index is 0.0106. The highest BCUT2D eigenvalue weighted by molar-refractivity contribution is 6.33. The molecule has 0 unspecified atom stereocenters. The van der Waals surface area contributed by atoms with Crippen molar-refractivity contribution in [1.29, 1.82) is 0 Å². The minimum Gasteiger partial charge on any atom is -0.493 e. The fourth-order valence-corrected chi connectivity index (χ4v) is 5.03. The van der Waals surface area contributed by atoms with E-state index < -0.39 is 0 Å². The number of amides is 1. The van der Waals surface area contributed by atoms with Gasteiger partial charge in [-0.1, -0.05) is 53.6 Å². The third-order valence-electron chi connectivity index (χ3n) is 6.43. The normalized spacial score (nSPS) is 15.9. The van der Waals surface area contributed by atoms with E-state index in [0.717, 1.165) is 46.8 Å². The van der Waals surface area contributed by atoms with E-state index in [1.165, 1.54) is 5.56 Å². The maximum atomic E-state index is 12.9. The molecule has 4 aromatic rings. The van der Waals surface area contributed by atoms with Crippen molar-refractivity contribution in [1.82, 2.24) is 9.55 Å². The van der Waals surface area contributed by atoms with Crippen molar-refractivity contribution >= 4 is 34.2 Å². The van der Waals surface area contributed by atoms with Crippen molar-refractivity contribution in [2.24, 2.45) is 0 Å². The highest BCUT2D eigenvalue weighted by Crippen LogP contribution is 2.36. The summed E-state index contributed by atoms with van der Waals surface area (Å²) in [5.41, 5.74) is 5.19. The molecule has 1 aromatic heterocycles. The number of imidazole rings is 1. The molecule has 1 aliphatic rings. The number of aromatic nitrogens is 2. The topological polar surface area (TPSA) is 47.4 Å². The molecule has 0 bridgehead atoms. The SMILES string of the molecule is Cc1ccc(OCCCn2c([C@H]3CC(=O)N(c4ccccc4Cl)C3)nc3ccccc32)c(C)c1. The Labute approximate surface area is 204 Å². The van der Waals surface area contributed by atoms with E-state index in [4.69, 9.17) is 21.3 Å². The van der Waals surface area contributed by atoms with Crippen LogP contribution in [0.3, 0.4) is 0 Å². The number of para-hydroxylation sites is 3. The van der Waals surface area contributed by atoms with Crippen LogP contribution in [0, 0.1) is 13.8 Å². The number of halogens is 1. The lowest BCUT2D eigenvalue weighted by Gasteiger charge is -2.18. The van der Waals surface area contributed by atoms with Gasteiger partial charge in [0.15, 0.2) is 0 Å². The van der Waals surface area contributed by atoms with Gasteiger partial charge in [-0.3, -0.25) is 4.79 Å².